The topological polar surface area (TPSA) is 78.1 Å². The summed E-state index contributed by atoms with van der Waals surface area (Å²) in [6.45, 7) is 0.478. The maximum absolute atomic E-state index is 13.3. The third-order valence-corrected chi connectivity index (χ3v) is 5.55. The van der Waals surface area contributed by atoms with Gasteiger partial charge in [0.05, 0.1) is 18.1 Å². The lowest BCUT2D eigenvalue weighted by molar-refractivity contribution is 0.101. The minimum atomic E-state index is -0.296. The first-order valence-electron chi connectivity index (χ1n) is 10.8. The van der Waals surface area contributed by atoms with E-state index < -0.39 is 0 Å². The molecule has 0 aliphatic heterocycles. The molecular weight excluding hydrogens is 428 g/mol. The zero-order valence-electron chi connectivity index (χ0n) is 18.5. The van der Waals surface area contributed by atoms with E-state index in [1.165, 1.54) is 12.1 Å². The molecule has 0 saturated heterocycles. The van der Waals surface area contributed by atoms with Gasteiger partial charge in [-0.1, -0.05) is 24.3 Å². The first kappa shape index (κ1) is 21.2. The number of nitrogens with one attached hydrogen (secondary N) is 1. The molecule has 0 radical (unpaired) electrons. The number of para-hydroxylation sites is 2. The highest BCUT2D eigenvalue weighted by molar-refractivity contribution is 6.04. The highest BCUT2D eigenvalue weighted by Gasteiger charge is 2.18. The molecule has 0 aliphatic carbocycles. The Morgan fingerprint density at radius 3 is 2.47 bits per heavy atom. The summed E-state index contributed by atoms with van der Waals surface area (Å²) in [6.07, 6.45) is 3.41. The Bertz CT molecular complexity index is 1510. The Morgan fingerprint density at radius 1 is 0.941 bits per heavy atom. The summed E-state index contributed by atoms with van der Waals surface area (Å²) in [4.78, 5) is 29.2. The summed E-state index contributed by atoms with van der Waals surface area (Å²) in [6, 6.07) is 25.8. The second-order valence-electron chi connectivity index (χ2n) is 7.80. The van der Waals surface area contributed by atoms with E-state index in [4.69, 9.17) is 4.74 Å². The number of hydrogen-bond donors (Lipinski definition) is 1. The molecule has 0 saturated carbocycles. The Hall–Kier alpha value is -4.65. The number of hydrogen-bond acceptors (Lipinski definition) is 4. The van der Waals surface area contributed by atoms with Crippen LogP contribution in [0.15, 0.2) is 102 Å². The fourth-order valence-corrected chi connectivity index (χ4v) is 3.85. The van der Waals surface area contributed by atoms with Crippen molar-refractivity contribution in [3.63, 3.8) is 0 Å². The second-order valence-corrected chi connectivity index (χ2v) is 7.80. The summed E-state index contributed by atoms with van der Waals surface area (Å²) in [5.74, 6) is 0.791. The van der Waals surface area contributed by atoms with Crippen molar-refractivity contribution in [3.8, 4) is 11.4 Å². The number of methoxy groups -OCH3 is 1. The summed E-state index contributed by atoms with van der Waals surface area (Å²) < 4.78 is 9.09. The summed E-state index contributed by atoms with van der Waals surface area (Å²) >= 11 is 0. The van der Waals surface area contributed by atoms with Crippen molar-refractivity contribution in [2.24, 2.45) is 0 Å². The van der Waals surface area contributed by atoms with E-state index in [0.717, 1.165) is 28.0 Å². The van der Waals surface area contributed by atoms with Gasteiger partial charge in [0.1, 0.15) is 5.75 Å². The number of carbonyl (C=O) groups is 1. The lowest BCUT2D eigenvalue weighted by Gasteiger charge is -2.11. The number of pyridine rings is 1. The van der Waals surface area contributed by atoms with Crippen LogP contribution in [0.2, 0.25) is 0 Å². The number of aromatic nitrogens is 3. The standard InChI is InChI=1S/C27H22N4O3/c1-34-23-6-4-5-19(17-23)18-31-25-8-3-2-7-24(25)29-26(31)27(33)28-20-9-11-21(12-10-20)30-15-13-22(32)14-16-30/h2-17H,18H2,1H3,(H,28,33). The van der Waals surface area contributed by atoms with Gasteiger partial charge in [0.25, 0.3) is 5.91 Å². The Morgan fingerprint density at radius 2 is 1.71 bits per heavy atom. The number of anilines is 1. The number of rotatable bonds is 6. The van der Waals surface area contributed by atoms with E-state index in [1.807, 2.05) is 81.9 Å². The zero-order chi connectivity index (χ0) is 23.5. The van der Waals surface area contributed by atoms with Crippen LogP contribution >= 0.6 is 0 Å². The molecule has 1 amide bonds. The second kappa shape index (κ2) is 9.07. The average Bonchev–Trinajstić information content (AvgIpc) is 3.24. The normalized spacial score (nSPS) is 10.9. The van der Waals surface area contributed by atoms with Crippen LogP contribution in [-0.4, -0.2) is 27.1 Å². The van der Waals surface area contributed by atoms with Crippen LogP contribution in [0.5, 0.6) is 5.75 Å². The lowest BCUT2D eigenvalue weighted by Crippen LogP contribution is -2.18. The third-order valence-electron chi connectivity index (χ3n) is 5.55. The number of carbonyl (C=O) groups excluding carboxylic acids is 1. The van der Waals surface area contributed by atoms with E-state index in [-0.39, 0.29) is 11.3 Å². The van der Waals surface area contributed by atoms with Gasteiger partial charge in [-0.3, -0.25) is 9.59 Å². The largest absolute Gasteiger partial charge is 0.497 e. The molecule has 3 aromatic carbocycles. The first-order valence-corrected chi connectivity index (χ1v) is 10.8. The average molecular weight is 450 g/mol. The summed E-state index contributed by atoms with van der Waals surface area (Å²) in [5, 5.41) is 2.95. The van der Waals surface area contributed by atoms with Gasteiger partial charge in [0.15, 0.2) is 5.43 Å². The molecule has 7 heteroatoms. The van der Waals surface area contributed by atoms with Gasteiger partial charge in [-0.05, 0) is 54.1 Å². The van der Waals surface area contributed by atoms with E-state index in [1.54, 1.807) is 19.5 Å². The Labute approximate surface area is 195 Å². The smallest absolute Gasteiger partial charge is 0.291 e. The van der Waals surface area contributed by atoms with Gasteiger partial charge >= 0.3 is 0 Å². The van der Waals surface area contributed by atoms with Crippen molar-refractivity contribution in [2.75, 3.05) is 12.4 Å². The van der Waals surface area contributed by atoms with Gasteiger partial charge in [-0.25, -0.2) is 4.98 Å². The maximum atomic E-state index is 13.3. The predicted octanol–water partition coefficient (Wildman–Crippen LogP) is 4.50. The van der Waals surface area contributed by atoms with Crippen LogP contribution in [0.25, 0.3) is 16.7 Å². The molecule has 7 nitrogen and oxygen atoms in total. The van der Waals surface area contributed by atoms with Crippen molar-refractivity contribution in [1.82, 2.24) is 14.1 Å². The van der Waals surface area contributed by atoms with E-state index >= 15 is 0 Å². The van der Waals surface area contributed by atoms with Crippen molar-refractivity contribution in [2.45, 2.75) is 6.54 Å². The van der Waals surface area contributed by atoms with Crippen LogP contribution < -0.4 is 15.5 Å². The molecule has 0 bridgehead atoms. The van der Waals surface area contributed by atoms with E-state index in [0.29, 0.717) is 18.1 Å². The lowest BCUT2D eigenvalue weighted by atomic mass is 10.2. The van der Waals surface area contributed by atoms with Crippen LogP contribution in [0.4, 0.5) is 5.69 Å². The van der Waals surface area contributed by atoms with Crippen molar-refractivity contribution >= 4 is 22.6 Å². The maximum Gasteiger partial charge on any atom is 0.291 e. The SMILES string of the molecule is COc1cccc(Cn2c(C(=O)Nc3ccc(-n4ccc(=O)cc4)cc3)nc3ccccc32)c1. The van der Waals surface area contributed by atoms with E-state index in [9.17, 15) is 9.59 Å². The zero-order valence-corrected chi connectivity index (χ0v) is 18.5. The third kappa shape index (κ3) is 4.31. The van der Waals surface area contributed by atoms with Crippen molar-refractivity contribution in [1.29, 1.82) is 0 Å². The molecule has 34 heavy (non-hydrogen) atoms. The number of fused-ring (bicyclic) bond motifs is 1. The first-order chi connectivity index (χ1) is 16.6. The minimum absolute atomic E-state index is 0.0445. The van der Waals surface area contributed by atoms with Gasteiger partial charge in [-0.15, -0.1) is 0 Å². The molecule has 0 spiro atoms. The van der Waals surface area contributed by atoms with Gasteiger partial charge in [0.2, 0.25) is 5.82 Å². The number of ether oxygens (including phenoxy) is 1. The highest BCUT2D eigenvalue weighted by Crippen LogP contribution is 2.21. The molecule has 0 unspecified atom stereocenters. The Kier molecular flexibility index (Phi) is 5.66. The molecule has 168 valence electrons. The van der Waals surface area contributed by atoms with Crippen molar-refractivity contribution < 1.29 is 9.53 Å². The van der Waals surface area contributed by atoms with E-state index in [2.05, 4.69) is 10.3 Å². The minimum Gasteiger partial charge on any atom is -0.497 e. The monoisotopic (exact) mass is 450 g/mol. The van der Waals surface area contributed by atoms with Crippen LogP contribution in [0.1, 0.15) is 16.2 Å². The fourth-order valence-electron chi connectivity index (χ4n) is 3.85. The van der Waals surface area contributed by atoms with Crippen LogP contribution in [0, 0.1) is 0 Å². The molecule has 5 rings (SSSR count). The molecule has 0 aliphatic rings. The number of nitrogens with zero attached hydrogens (tertiary/aromatic N) is 3. The summed E-state index contributed by atoms with van der Waals surface area (Å²) in [7, 11) is 1.63. The van der Waals surface area contributed by atoms with Crippen LogP contribution in [-0.2, 0) is 6.54 Å². The molecule has 5 aromatic rings. The molecule has 1 N–H and O–H groups in total. The number of imidazole rings is 1. The molecule has 0 atom stereocenters. The van der Waals surface area contributed by atoms with Crippen molar-refractivity contribution in [3.05, 3.63) is 119 Å². The highest BCUT2D eigenvalue weighted by atomic mass is 16.5. The molecular formula is C27H22N4O3. The number of amides is 1. The van der Waals surface area contributed by atoms with Gasteiger partial charge in [-0.2, -0.15) is 0 Å². The Balaban J connectivity index is 1.43. The predicted molar refractivity (Wildman–Crippen MR) is 132 cm³/mol. The summed E-state index contributed by atoms with van der Waals surface area (Å²) in [5.41, 5.74) is 4.12. The molecule has 0 fully saturated rings. The quantitative estimate of drug-likeness (QED) is 0.413. The molecule has 2 heterocycles. The fraction of sp³-hybridized carbons (Fsp3) is 0.0741. The molecule has 2 aromatic heterocycles. The van der Waals surface area contributed by atoms with Gasteiger partial charge < -0.3 is 19.2 Å². The number of benzene rings is 3. The van der Waals surface area contributed by atoms with Gasteiger partial charge in [0, 0.05) is 42.4 Å². The van der Waals surface area contributed by atoms with Crippen LogP contribution in [0.3, 0.4) is 0 Å².